The Morgan fingerprint density at radius 1 is 1.00 bits per heavy atom. The van der Waals surface area contributed by atoms with Gasteiger partial charge in [-0.1, -0.05) is 0 Å². The van der Waals surface area contributed by atoms with Gasteiger partial charge in [0.15, 0.2) is 0 Å². The maximum absolute atomic E-state index is 2.00. The van der Waals surface area contributed by atoms with E-state index in [0.717, 1.165) is 0 Å². The molecule has 0 heterocycles. The van der Waals surface area contributed by atoms with Gasteiger partial charge in [0.05, 0.1) is 0 Å². The zero-order valence-electron chi connectivity index (χ0n) is 3.86. The Balaban J connectivity index is 0. The van der Waals surface area contributed by atoms with Crippen LogP contribution in [0, 0.1) is 0 Å². The minimum absolute atomic E-state index is 0. The van der Waals surface area contributed by atoms with Gasteiger partial charge in [-0.05, 0) is 21.1 Å². The maximum atomic E-state index is 2.00. The Hall–Kier alpha value is 0.492. The van der Waals surface area contributed by atoms with Crippen molar-refractivity contribution < 1.29 is 17.4 Å². The maximum Gasteiger partial charge on any atom is 0 e. The molecule has 0 radical (unpaired) electrons. The molecular weight excluding hydrogens is 102 g/mol. The minimum atomic E-state index is 0. The number of nitrogens with zero attached hydrogens (tertiary/aromatic N) is 1. The fraction of sp³-hybridized carbons (Fsp3) is 1.00. The molecule has 0 N–H and O–H groups in total. The Morgan fingerprint density at radius 2 is 1.00 bits per heavy atom. The van der Waals surface area contributed by atoms with Crippen LogP contribution in [-0.2, 0) is 17.4 Å². The molecule has 2 heteroatoms. The molecule has 0 aliphatic carbocycles. The molecule has 0 aromatic heterocycles. The van der Waals surface area contributed by atoms with E-state index in [1.165, 1.54) is 0 Å². The van der Waals surface area contributed by atoms with E-state index in [4.69, 9.17) is 0 Å². The summed E-state index contributed by atoms with van der Waals surface area (Å²) in [5.41, 5.74) is 0. The Kier molecular flexibility index (Phi) is 8.17. The van der Waals surface area contributed by atoms with Crippen LogP contribution in [0.25, 0.3) is 0 Å². The first-order valence-electron chi connectivity index (χ1n) is 1.34. The van der Waals surface area contributed by atoms with Gasteiger partial charge in [0.1, 0.15) is 0 Å². The number of hydrogen-bond acceptors (Lipinski definition) is 1. The van der Waals surface area contributed by atoms with E-state index >= 15 is 0 Å². The second-order valence-corrected chi connectivity index (χ2v) is 1.34. The van der Waals surface area contributed by atoms with E-state index in [-0.39, 0.29) is 17.4 Å². The van der Waals surface area contributed by atoms with Crippen molar-refractivity contribution in [3.8, 4) is 0 Å². The van der Waals surface area contributed by atoms with E-state index in [0.29, 0.717) is 0 Å². The van der Waals surface area contributed by atoms with Gasteiger partial charge >= 0.3 is 0 Å². The van der Waals surface area contributed by atoms with Crippen LogP contribution in [0.3, 0.4) is 0 Å². The third kappa shape index (κ3) is 115. The minimum Gasteiger partial charge on any atom is -0.312 e. The Morgan fingerprint density at radius 3 is 1.00 bits per heavy atom. The molecule has 0 unspecified atom stereocenters. The second-order valence-electron chi connectivity index (χ2n) is 1.34. The molecule has 0 saturated heterocycles. The van der Waals surface area contributed by atoms with Gasteiger partial charge in [-0.2, -0.15) is 0 Å². The summed E-state index contributed by atoms with van der Waals surface area (Å²) < 4.78 is 0. The van der Waals surface area contributed by atoms with Gasteiger partial charge in [0, 0.05) is 17.4 Å². The summed E-state index contributed by atoms with van der Waals surface area (Å²) in [5.74, 6) is 0. The molecule has 5 heavy (non-hydrogen) atoms. The zero-order chi connectivity index (χ0) is 3.58. The van der Waals surface area contributed by atoms with Crippen molar-refractivity contribution in [2.24, 2.45) is 0 Å². The molecule has 1 nitrogen and oxygen atoms in total. The molecule has 0 spiro atoms. The van der Waals surface area contributed by atoms with Crippen molar-refractivity contribution in [1.82, 2.24) is 4.90 Å². The van der Waals surface area contributed by atoms with Gasteiger partial charge in [-0.3, -0.25) is 0 Å². The Bertz CT molecular complexity index is 11.6. The SMILES string of the molecule is CN(C)C.[Cr]. The van der Waals surface area contributed by atoms with Crippen LogP contribution in [0.4, 0.5) is 0 Å². The van der Waals surface area contributed by atoms with Crippen molar-refractivity contribution in [2.75, 3.05) is 21.1 Å². The van der Waals surface area contributed by atoms with Crippen LogP contribution in [0.2, 0.25) is 0 Å². The first kappa shape index (κ1) is 9.09. The normalized spacial score (nSPS) is 7.20. The molecule has 0 aromatic rings. The van der Waals surface area contributed by atoms with Crippen LogP contribution >= 0.6 is 0 Å². The van der Waals surface area contributed by atoms with E-state index in [1.807, 2.05) is 26.0 Å². The summed E-state index contributed by atoms with van der Waals surface area (Å²) in [7, 11) is 6.00. The number of hydrogen-bond donors (Lipinski definition) is 0. The summed E-state index contributed by atoms with van der Waals surface area (Å²) in [4.78, 5) is 2.00. The molecule has 0 aliphatic heterocycles. The molecule has 0 aliphatic rings. The van der Waals surface area contributed by atoms with E-state index in [9.17, 15) is 0 Å². The van der Waals surface area contributed by atoms with Crippen molar-refractivity contribution in [3.63, 3.8) is 0 Å². The summed E-state index contributed by atoms with van der Waals surface area (Å²) in [6.45, 7) is 0. The summed E-state index contributed by atoms with van der Waals surface area (Å²) in [5, 5.41) is 0. The molecule has 0 fully saturated rings. The molecule has 0 atom stereocenters. The van der Waals surface area contributed by atoms with Crippen LogP contribution in [0.5, 0.6) is 0 Å². The average Bonchev–Trinajstić information content (AvgIpc) is 0.811. The zero-order valence-corrected chi connectivity index (χ0v) is 5.13. The first-order chi connectivity index (χ1) is 1.73. The third-order valence-corrected chi connectivity index (χ3v) is 0. The van der Waals surface area contributed by atoms with Gasteiger partial charge in [-0.15, -0.1) is 0 Å². The third-order valence-electron chi connectivity index (χ3n) is 0. The standard InChI is InChI=1S/C3H9N.Cr/c1-4(2)3;/h1-3H3;. The van der Waals surface area contributed by atoms with Crippen LogP contribution in [0.15, 0.2) is 0 Å². The van der Waals surface area contributed by atoms with E-state index in [1.54, 1.807) is 0 Å². The van der Waals surface area contributed by atoms with Gasteiger partial charge in [-0.25, -0.2) is 0 Å². The quantitative estimate of drug-likeness (QED) is 0.431. The molecule has 0 amide bonds. The van der Waals surface area contributed by atoms with Crippen molar-refractivity contribution in [1.29, 1.82) is 0 Å². The summed E-state index contributed by atoms with van der Waals surface area (Å²) >= 11 is 0. The van der Waals surface area contributed by atoms with E-state index in [2.05, 4.69) is 0 Å². The van der Waals surface area contributed by atoms with Crippen molar-refractivity contribution >= 4 is 0 Å². The van der Waals surface area contributed by atoms with Crippen LogP contribution < -0.4 is 0 Å². The smallest absolute Gasteiger partial charge is 0 e. The predicted molar refractivity (Wildman–Crippen MR) is 19.6 cm³/mol. The fourth-order valence-electron chi connectivity index (χ4n) is 0. The van der Waals surface area contributed by atoms with Gasteiger partial charge in [0.25, 0.3) is 0 Å². The molecular formula is C3H9CrN. The monoisotopic (exact) mass is 111 g/mol. The molecule has 32 valence electrons. The average molecular weight is 111 g/mol. The van der Waals surface area contributed by atoms with Gasteiger partial charge in [0.2, 0.25) is 0 Å². The summed E-state index contributed by atoms with van der Waals surface area (Å²) in [6.07, 6.45) is 0. The van der Waals surface area contributed by atoms with E-state index < -0.39 is 0 Å². The van der Waals surface area contributed by atoms with Gasteiger partial charge < -0.3 is 4.90 Å². The Labute approximate surface area is 44.1 Å². The second kappa shape index (κ2) is 4.49. The van der Waals surface area contributed by atoms with Crippen molar-refractivity contribution in [2.45, 2.75) is 0 Å². The molecule has 0 aromatic carbocycles. The summed E-state index contributed by atoms with van der Waals surface area (Å²) in [6, 6.07) is 0. The largest absolute Gasteiger partial charge is 0.312 e. The molecule has 0 saturated carbocycles. The topological polar surface area (TPSA) is 3.24 Å². The predicted octanol–water partition coefficient (Wildman–Crippen LogP) is 0.175. The first-order valence-corrected chi connectivity index (χ1v) is 1.34. The molecule has 0 bridgehead atoms. The number of rotatable bonds is 0. The molecule has 0 rings (SSSR count). The van der Waals surface area contributed by atoms with Crippen LogP contribution in [-0.4, -0.2) is 26.0 Å². The van der Waals surface area contributed by atoms with Crippen molar-refractivity contribution in [3.05, 3.63) is 0 Å². The van der Waals surface area contributed by atoms with Crippen LogP contribution in [0.1, 0.15) is 0 Å². The fourth-order valence-corrected chi connectivity index (χ4v) is 0.